The molecule has 0 radical (unpaired) electrons. The summed E-state index contributed by atoms with van der Waals surface area (Å²) < 4.78 is 32.3. The molecule has 0 aliphatic carbocycles. The number of ether oxygens (including phenoxy) is 1. The maximum absolute atomic E-state index is 12.8. The predicted molar refractivity (Wildman–Crippen MR) is 128 cm³/mol. The van der Waals surface area contributed by atoms with Gasteiger partial charge in [-0.2, -0.15) is 0 Å². The summed E-state index contributed by atoms with van der Waals surface area (Å²) >= 11 is 0. The van der Waals surface area contributed by atoms with Crippen LogP contribution in [0.1, 0.15) is 30.9 Å². The van der Waals surface area contributed by atoms with E-state index in [-0.39, 0.29) is 23.3 Å². The van der Waals surface area contributed by atoms with E-state index in [9.17, 15) is 13.2 Å². The van der Waals surface area contributed by atoms with Crippen LogP contribution in [0, 0.1) is 6.92 Å². The van der Waals surface area contributed by atoms with Crippen molar-refractivity contribution in [1.29, 1.82) is 0 Å². The van der Waals surface area contributed by atoms with Crippen LogP contribution in [-0.2, 0) is 14.8 Å². The number of aryl methyl sites for hydroxylation is 1. The Bertz CT molecular complexity index is 1170. The average Bonchev–Trinajstić information content (AvgIpc) is 2.79. The highest BCUT2D eigenvalue weighted by atomic mass is 32.2. The number of carbonyl (C=O) groups excluding carboxylic acids is 1. The second kappa shape index (κ2) is 9.87. The van der Waals surface area contributed by atoms with E-state index in [1.54, 1.807) is 54.6 Å². The minimum absolute atomic E-state index is 0.149. The first-order valence-corrected chi connectivity index (χ1v) is 11.8. The molecule has 0 heterocycles. The molecule has 0 aliphatic heterocycles. The highest BCUT2D eigenvalue weighted by Gasteiger charge is 2.21. The molecule has 0 unspecified atom stereocenters. The second-order valence-corrected chi connectivity index (χ2v) is 9.78. The summed E-state index contributed by atoms with van der Waals surface area (Å²) in [6.07, 6.45) is 0. The van der Waals surface area contributed by atoms with E-state index in [1.165, 1.54) is 11.4 Å². The standard InChI is InChI=1S/C25H28N2O4S/c1-18(2)23-12-8-9-19(3)25(23)26-24(28)17-31-21-15-13-20(14-16-21)27(4)32(29,30)22-10-6-5-7-11-22/h5-16,18H,17H2,1-4H3,(H,26,28). The van der Waals surface area contributed by atoms with E-state index in [0.29, 0.717) is 11.4 Å². The van der Waals surface area contributed by atoms with Crippen molar-refractivity contribution in [2.75, 3.05) is 23.3 Å². The Morgan fingerprint density at radius 3 is 2.25 bits per heavy atom. The molecule has 0 aromatic heterocycles. The second-order valence-electron chi connectivity index (χ2n) is 7.81. The quantitative estimate of drug-likeness (QED) is 0.524. The van der Waals surface area contributed by atoms with Crippen LogP contribution in [0.2, 0.25) is 0 Å². The molecule has 0 atom stereocenters. The van der Waals surface area contributed by atoms with Gasteiger partial charge >= 0.3 is 0 Å². The Hall–Kier alpha value is -3.32. The number of rotatable bonds is 8. The lowest BCUT2D eigenvalue weighted by molar-refractivity contribution is -0.118. The lowest BCUT2D eigenvalue weighted by Crippen LogP contribution is -2.26. The molecule has 3 aromatic carbocycles. The number of hydrogen-bond donors (Lipinski definition) is 1. The van der Waals surface area contributed by atoms with Gasteiger partial charge in [0.05, 0.1) is 10.6 Å². The summed E-state index contributed by atoms with van der Waals surface area (Å²) in [6, 6.07) is 20.8. The number of para-hydroxylation sites is 1. The zero-order valence-electron chi connectivity index (χ0n) is 18.7. The maximum atomic E-state index is 12.8. The van der Waals surface area contributed by atoms with Gasteiger partial charge in [0.1, 0.15) is 5.75 Å². The molecule has 1 amide bonds. The van der Waals surface area contributed by atoms with Gasteiger partial charge in [0, 0.05) is 12.7 Å². The first kappa shape index (κ1) is 23.3. The van der Waals surface area contributed by atoms with Crippen LogP contribution in [0.15, 0.2) is 77.7 Å². The highest BCUT2D eigenvalue weighted by Crippen LogP contribution is 2.28. The van der Waals surface area contributed by atoms with Crippen molar-refractivity contribution in [3.63, 3.8) is 0 Å². The van der Waals surface area contributed by atoms with Crippen LogP contribution >= 0.6 is 0 Å². The van der Waals surface area contributed by atoms with Crippen LogP contribution in [0.3, 0.4) is 0 Å². The number of carbonyl (C=O) groups is 1. The van der Waals surface area contributed by atoms with Crippen LogP contribution < -0.4 is 14.4 Å². The summed E-state index contributed by atoms with van der Waals surface area (Å²) in [4.78, 5) is 12.7. The summed E-state index contributed by atoms with van der Waals surface area (Å²) in [6.45, 7) is 5.97. The minimum Gasteiger partial charge on any atom is -0.484 e. The van der Waals surface area contributed by atoms with Crippen molar-refractivity contribution in [3.8, 4) is 5.75 Å². The smallest absolute Gasteiger partial charge is 0.264 e. The summed E-state index contributed by atoms with van der Waals surface area (Å²) in [5.41, 5.74) is 3.38. The third-order valence-electron chi connectivity index (χ3n) is 5.16. The fourth-order valence-corrected chi connectivity index (χ4v) is 4.52. The fourth-order valence-electron chi connectivity index (χ4n) is 3.31. The molecule has 3 rings (SSSR count). The Morgan fingerprint density at radius 1 is 0.969 bits per heavy atom. The average molecular weight is 453 g/mol. The number of benzene rings is 3. The van der Waals surface area contributed by atoms with E-state index in [4.69, 9.17) is 4.74 Å². The number of hydrogen-bond acceptors (Lipinski definition) is 4. The van der Waals surface area contributed by atoms with Crippen molar-refractivity contribution in [3.05, 3.63) is 83.9 Å². The van der Waals surface area contributed by atoms with Gasteiger partial charge in [-0.25, -0.2) is 8.42 Å². The van der Waals surface area contributed by atoms with E-state index in [0.717, 1.165) is 16.8 Å². The fraction of sp³-hybridized carbons (Fsp3) is 0.240. The molecule has 3 aromatic rings. The number of sulfonamides is 1. The van der Waals surface area contributed by atoms with Gasteiger partial charge in [0.25, 0.3) is 15.9 Å². The van der Waals surface area contributed by atoms with Gasteiger partial charge in [-0.3, -0.25) is 9.10 Å². The lowest BCUT2D eigenvalue weighted by Gasteiger charge is -2.20. The zero-order valence-corrected chi connectivity index (χ0v) is 19.5. The molecule has 0 bridgehead atoms. The number of nitrogens with zero attached hydrogens (tertiary/aromatic N) is 1. The normalized spacial score (nSPS) is 11.3. The van der Waals surface area contributed by atoms with E-state index >= 15 is 0 Å². The molecular weight excluding hydrogens is 424 g/mol. The van der Waals surface area contributed by atoms with E-state index < -0.39 is 10.0 Å². The number of nitrogens with one attached hydrogen (secondary N) is 1. The van der Waals surface area contributed by atoms with Crippen LogP contribution in [0.4, 0.5) is 11.4 Å². The van der Waals surface area contributed by atoms with Gasteiger partial charge in [-0.15, -0.1) is 0 Å². The summed E-state index contributed by atoms with van der Waals surface area (Å²) in [5.74, 6) is 0.500. The molecule has 7 heteroatoms. The summed E-state index contributed by atoms with van der Waals surface area (Å²) in [7, 11) is -2.15. The van der Waals surface area contributed by atoms with Crippen LogP contribution in [0.5, 0.6) is 5.75 Å². The molecule has 0 spiro atoms. The topological polar surface area (TPSA) is 75.7 Å². The Labute approximate surface area is 189 Å². The third kappa shape index (κ3) is 5.29. The molecule has 32 heavy (non-hydrogen) atoms. The monoisotopic (exact) mass is 452 g/mol. The number of amides is 1. The number of anilines is 2. The van der Waals surface area contributed by atoms with Crippen molar-refractivity contribution >= 4 is 27.3 Å². The maximum Gasteiger partial charge on any atom is 0.264 e. The van der Waals surface area contributed by atoms with Gasteiger partial charge in [-0.1, -0.05) is 50.2 Å². The molecule has 0 fully saturated rings. The minimum atomic E-state index is -3.65. The molecular formula is C25H28N2O4S. The first-order chi connectivity index (χ1) is 15.2. The Morgan fingerprint density at radius 2 is 1.62 bits per heavy atom. The first-order valence-electron chi connectivity index (χ1n) is 10.4. The van der Waals surface area contributed by atoms with E-state index in [1.807, 2.05) is 25.1 Å². The van der Waals surface area contributed by atoms with Crippen molar-refractivity contribution in [1.82, 2.24) is 0 Å². The van der Waals surface area contributed by atoms with Crippen molar-refractivity contribution in [2.45, 2.75) is 31.6 Å². The molecule has 1 N–H and O–H groups in total. The predicted octanol–water partition coefficient (Wildman–Crippen LogP) is 4.96. The zero-order chi connectivity index (χ0) is 23.3. The van der Waals surface area contributed by atoms with E-state index in [2.05, 4.69) is 19.2 Å². The highest BCUT2D eigenvalue weighted by molar-refractivity contribution is 7.92. The van der Waals surface area contributed by atoms with Gasteiger partial charge in [0.2, 0.25) is 0 Å². The largest absolute Gasteiger partial charge is 0.484 e. The molecule has 0 aliphatic rings. The van der Waals surface area contributed by atoms with Gasteiger partial charge in [0.15, 0.2) is 6.61 Å². The Kier molecular flexibility index (Phi) is 7.20. The van der Waals surface area contributed by atoms with Crippen LogP contribution in [-0.4, -0.2) is 28.0 Å². The molecule has 0 saturated carbocycles. The molecule has 6 nitrogen and oxygen atoms in total. The SMILES string of the molecule is Cc1cccc(C(C)C)c1NC(=O)COc1ccc(N(C)S(=O)(=O)c2ccccc2)cc1. The lowest BCUT2D eigenvalue weighted by atomic mass is 9.98. The molecule has 0 saturated heterocycles. The van der Waals surface area contributed by atoms with Crippen molar-refractivity contribution in [2.24, 2.45) is 0 Å². The summed E-state index contributed by atoms with van der Waals surface area (Å²) in [5, 5.41) is 2.95. The van der Waals surface area contributed by atoms with Gasteiger partial charge < -0.3 is 10.1 Å². The Balaban J connectivity index is 1.64. The van der Waals surface area contributed by atoms with Gasteiger partial charge in [-0.05, 0) is 60.4 Å². The van der Waals surface area contributed by atoms with Crippen LogP contribution in [0.25, 0.3) is 0 Å². The third-order valence-corrected chi connectivity index (χ3v) is 6.96. The molecule has 168 valence electrons. The van der Waals surface area contributed by atoms with Crippen molar-refractivity contribution < 1.29 is 17.9 Å².